The molecule has 23 heavy (non-hydrogen) atoms. The van der Waals surface area contributed by atoms with Crippen LogP contribution in [0.25, 0.3) is 0 Å². The topological polar surface area (TPSA) is 43.9 Å². The number of hydrogen-bond donors (Lipinski definition) is 0. The highest BCUT2D eigenvalue weighted by molar-refractivity contribution is 5.80. The number of hydrogen-bond acceptors (Lipinski definition) is 3. The van der Waals surface area contributed by atoms with Crippen molar-refractivity contribution in [2.75, 3.05) is 44.2 Å². The Morgan fingerprint density at radius 3 is 2.04 bits per heavy atom. The zero-order valence-corrected chi connectivity index (χ0v) is 13.8. The van der Waals surface area contributed by atoms with Crippen molar-refractivity contribution < 1.29 is 9.59 Å². The summed E-state index contributed by atoms with van der Waals surface area (Å²) in [5, 5.41) is 0. The molecule has 5 nitrogen and oxygen atoms in total. The van der Waals surface area contributed by atoms with Gasteiger partial charge in [-0.3, -0.25) is 9.59 Å². The zero-order chi connectivity index (χ0) is 16.2. The molecule has 0 radical (unpaired) electrons. The first-order valence-corrected chi connectivity index (χ1v) is 8.49. The van der Waals surface area contributed by atoms with Gasteiger partial charge in [-0.15, -0.1) is 0 Å². The third-order valence-electron chi connectivity index (χ3n) is 5.00. The fourth-order valence-electron chi connectivity index (χ4n) is 3.52. The lowest BCUT2D eigenvalue weighted by Crippen LogP contribution is -2.52. The number of benzene rings is 1. The van der Waals surface area contributed by atoms with Crippen molar-refractivity contribution in [2.24, 2.45) is 5.92 Å². The van der Waals surface area contributed by atoms with Crippen molar-refractivity contribution in [1.82, 2.24) is 9.80 Å². The summed E-state index contributed by atoms with van der Waals surface area (Å²) in [6, 6.07) is 10.4. The van der Waals surface area contributed by atoms with Crippen LogP contribution in [-0.2, 0) is 9.59 Å². The molecule has 2 saturated heterocycles. The Hall–Kier alpha value is -2.04. The molecule has 2 fully saturated rings. The lowest BCUT2D eigenvalue weighted by atomic mass is 9.95. The Labute approximate surface area is 137 Å². The summed E-state index contributed by atoms with van der Waals surface area (Å²) >= 11 is 0. The van der Waals surface area contributed by atoms with Gasteiger partial charge in [-0.05, 0) is 25.0 Å². The molecule has 2 amide bonds. The molecular formula is C18H25N3O2. The molecule has 0 N–H and O–H groups in total. The molecular weight excluding hydrogens is 290 g/mol. The van der Waals surface area contributed by atoms with Crippen LogP contribution in [0.5, 0.6) is 0 Å². The zero-order valence-electron chi connectivity index (χ0n) is 13.8. The molecule has 0 aromatic heterocycles. The van der Waals surface area contributed by atoms with Crippen molar-refractivity contribution in [1.29, 1.82) is 0 Å². The van der Waals surface area contributed by atoms with E-state index >= 15 is 0 Å². The summed E-state index contributed by atoms with van der Waals surface area (Å²) in [5.41, 5.74) is 1.23. The van der Waals surface area contributed by atoms with Crippen molar-refractivity contribution in [3.8, 4) is 0 Å². The number of amides is 2. The Morgan fingerprint density at radius 2 is 1.48 bits per heavy atom. The highest BCUT2D eigenvalue weighted by Gasteiger charge is 2.30. The second kappa shape index (κ2) is 7.02. The second-order valence-electron chi connectivity index (χ2n) is 6.43. The van der Waals surface area contributed by atoms with Crippen molar-refractivity contribution in [3.63, 3.8) is 0 Å². The molecule has 1 aromatic rings. The molecule has 0 bridgehead atoms. The summed E-state index contributed by atoms with van der Waals surface area (Å²) in [6.07, 6.45) is 1.61. The fourth-order valence-corrected chi connectivity index (χ4v) is 3.52. The molecule has 0 aliphatic carbocycles. The molecule has 1 aromatic carbocycles. The Bertz CT molecular complexity index is 545. The van der Waals surface area contributed by atoms with Gasteiger partial charge in [0.25, 0.3) is 0 Å². The van der Waals surface area contributed by atoms with Gasteiger partial charge in [0.1, 0.15) is 0 Å². The Balaban J connectivity index is 1.50. The van der Waals surface area contributed by atoms with Gasteiger partial charge in [0.15, 0.2) is 0 Å². The number of rotatable bonds is 2. The van der Waals surface area contributed by atoms with Crippen LogP contribution in [0, 0.1) is 5.92 Å². The lowest BCUT2D eigenvalue weighted by molar-refractivity contribution is -0.140. The van der Waals surface area contributed by atoms with Gasteiger partial charge in [-0.2, -0.15) is 0 Å². The van der Waals surface area contributed by atoms with Crippen molar-refractivity contribution >= 4 is 17.5 Å². The quantitative estimate of drug-likeness (QED) is 0.832. The first-order valence-electron chi connectivity index (χ1n) is 8.49. The summed E-state index contributed by atoms with van der Waals surface area (Å²) < 4.78 is 0. The first kappa shape index (κ1) is 15.8. The number of carbonyl (C=O) groups is 2. The van der Waals surface area contributed by atoms with Crippen LogP contribution in [-0.4, -0.2) is 60.9 Å². The minimum absolute atomic E-state index is 0.0916. The maximum Gasteiger partial charge on any atom is 0.225 e. The van der Waals surface area contributed by atoms with Crippen LogP contribution in [0.15, 0.2) is 30.3 Å². The number of anilines is 1. The normalized spacial score (nSPS) is 19.8. The van der Waals surface area contributed by atoms with Gasteiger partial charge < -0.3 is 14.7 Å². The van der Waals surface area contributed by atoms with Crippen LogP contribution in [0.1, 0.15) is 19.8 Å². The Kier molecular flexibility index (Phi) is 4.84. The van der Waals surface area contributed by atoms with Gasteiger partial charge in [0.05, 0.1) is 0 Å². The average Bonchev–Trinajstić information content (AvgIpc) is 2.62. The van der Waals surface area contributed by atoms with Gasteiger partial charge in [-0.1, -0.05) is 18.2 Å². The predicted molar refractivity (Wildman–Crippen MR) is 90.2 cm³/mol. The standard InChI is InChI=1S/C18H25N3O2/c1-15(22)19-9-7-16(8-10-19)18(23)21-13-11-20(12-14-21)17-5-3-2-4-6-17/h2-6,16H,7-14H2,1H3. The highest BCUT2D eigenvalue weighted by Crippen LogP contribution is 2.22. The maximum absolute atomic E-state index is 12.7. The number of piperazine rings is 1. The minimum Gasteiger partial charge on any atom is -0.368 e. The third kappa shape index (κ3) is 3.66. The van der Waals surface area contributed by atoms with Crippen molar-refractivity contribution in [2.45, 2.75) is 19.8 Å². The van der Waals surface area contributed by atoms with Crippen LogP contribution >= 0.6 is 0 Å². The van der Waals surface area contributed by atoms with E-state index in [1.807, 2.05) is 15.9 Å². The van der Waals surface area contributed by atoms with E-state index < -0.39 is 0 Å². The fraction of sp³-hybridized carbons (Fsp3) is 0.556. The van der Waals surface area contributed by atoms with E-state index in [1.165, 1.54) is 5.69 Å². The van der Waals surface area contributed by atoms with E-state index in [2.05, 4.69) is 29.2 Å². The molecule has 0 spiro atoms. The predicted octanol–water partition coefficient (Wildman–Crippen LogP) is 1.59. The molecule has 2 aliphatic rings. The first-order chi connectivity index (χ1) is 11.1. The summed E-state index contributed by atoms with van der Waals surface area (Å²) in [5.74, 6) is 0.488. The maximum atomic E-state index is 12.7. The van der Waals surface area contributed by atoms with E-state index in [-0.39, 0.29) is 17.7 Å². The summed E-state index contributed by atoms with van der Waals surface area (Å²) in [7, 11) is 0. The van der Waals surface area contributed by atoms with E-state index in [1.54, 1.807) is 6.92 Å². The van der Waals surface area contributed by atoms with Crippen molar-refractivity contribution in [3.05, 3.63) is 30.3 Å². The van der Waals surface area contributed by atoms with Gasteiger partial charge in [0, 0.05) is 57.8 Å². The van der Waals surface area contributed by atoms with Gasteiger partial charge in [0.2, 0.25) is 11.8 Å². The number of nitrogens with zero attached hydrogens (tertiary/aromatic N) is 3. The molecule has 2 aliphatic heterocycles. The SMILES string of the molecule is CC(=O)N1CCC(C(=O)N2CCN(c3ccccc3)CC2)CC1. The molecule has 0 unspecified atom stereocenters. The van der Waals surface area contributed by atoms with Crippen LogP contribution in [0.2, 0.25) is 0 Å². The smallest absolute Gasteiger partial charge is 0.225 e. The molecule has 5 heteroatoms. The van der Waals surface area contributed by atoms with E-state index in [0.717, 1.165) is 52.1 Å². The molecule has 3 rings (SSSR count). The lowest BCUT2D eigenvalue weighted by Gasteiger charge is -2.39. The summed E-state index contributed by atoms with van der Waals surface area (Å²) in [4.78, 5) is 30.2. The number of carbonyl (C=O) groups excluding carboxylic acids is 2. The largest absolute Gasteiger partial charge is 0.368 e. The molecule has 0 saturated carbocycles. The van der Waals surface area contributed by atoms with Gasteiger partial charge in [-0.25, -0.2) is 0 Å². The second-order valence-corrected chi connectivity index (χ2v) is 6.43. The number of likely N-dealkylation sites (tertiary alicyclic amines) is 1. The summed E-state index contributed by atoms with van der Waals surface area (Å²) in [6.45, 7) is 6.40. The third-order valence-corrected chi connectivity index (χ3v) is 5.00. The van der Waals surface area contributed by atoms with E-state index in [0.29, 0.717) is 0 Å². The molecule has 2 heterocycles. The number of piperidine rings is 1. The van der Waals surface area contributed by atoms with E-state index in [4.69, 9.17) is 0 Å². The monoisotopic (exact) mass is 315 g/mol. The average molecular weight is 315 g/mol. The van der Waals surface area contributed by atoms with Crippen LogP contribution in [0.4, 0.5) is 5.69 Å². The van der Waals surface area contributed by atoms with Crippen LogP contribution < -0.4 is 4.90 Å². The van der Waals surface area contributed by atoms with E-state index in [9.17, 15) is 9.59 Å². The molecule has 0 atom stereocenters. The Morgan fingerprint density at radius 1 is 0.870 bits per heavy atom. The minimum atomic E-state index is 0.0916. The highest BCUT2D eigenvalue weighted by atomic mass is 16.2. The number of para-hydroxylation sites is 1. The van der Waals surface area contributed by atoms with Gasteiger partial charge >= 0.3 is 0 Å². The van der Waals surface area contributed by atoms with Crippen LogP contribution in [0.3, 0.4) is 0 Å². The molecule has 124 valence electrons.